The van der Waals surface area contributed by atoms with Crippen LogP contribution in [-0.4, -0.2) is 65.5 Å². The van der Waals surface area contributed by atoms with E-state index in [-0.39, 0.29) is 24.8 Å². The van der Waals surface area contributed by atoms with Crippen LogP contribution in [-0.2, 0) is 16.1 Å². The van der Waals surface area contributed by atoms with Crippen LogP contribution in [0.4, 0.5) is 0 Å². The molecule has 0 bridgehead atoms. The van der Waals surface area contributed by atoms with Crippen LogP contribution in [0.5, 0.6) is 0 Å². The first kappa shape index (κ1) is 21.0. The van der Waals surface area contributed by atoms with Crippen LogP contribution in [0.15, 0.2) is 54.6 Å². The van der Waals surface area contributed by atoms with Gasteiger partial charge in [-0.2, -0.15) is 0 Å². The number of likely N-dealkylation sites (N-methyl/N-ethyl adjacent to an activating group) is 1. The smallest absolute Gasteiger partial charge is 0.237 e. The molecule has 6 nitrogen and oxygen atoms in total. The molecular formula is C23H29N3O3. The fraction of sp³-hybridized carbons (Fsp3) is 0.391. The molecule has 3 rings (SSSR count). The van der Waals surface area contributed by atoms with E-state index in [9.17, 15) is 9.59 Å². The number of aliphatic hydroxyl groups excluding tert-OH is 1. The van der Waals surface area contributed by atoms with Crippen molar-refractivity contribution in [2.75, 3.05) is 32.8 Å². The molecule has 1 aliphatic rings. The molecule has 0 spiro atoms. The molecule has 154 valence electrons. The number of piperazine rings is 1. The summed E-state index contributed by atoms with van der Waals surface area (Å²) in [5.74, 6) is -0.210. The minimum atomic E-state index is -0.488. The van der Waals surface area contributed by atoms with Crippen molar-refractivity contribution < 1.29 is 14.7 Å². The summed E-state index contributed by atoms with van der Waals surface area (Å²) in [6.45, 7) is 4.52. The lowest BCUT2D eigenvalue weighted by atomic mass is 10.0. The van der Waals surface area contributed by atoms with E-state index in [1.165, 1.54) is 5.56 Å². The minimum Gasteiger partial charge on any atom is -0.395 e. The van der Waals surface area contributed by atoms with Gasteiger partial charge in [-0.3, -0.25) is 14.5 Å². The Morgan fingerprint density at radius 1 is 1.14 bits per heavy atom. The summed E-state index contributed by atoms with van der Waals surface area (Å²) in [7, 11) is 0. The van der Waals surface area contributed by atoms with E-state index in [1.54, 1.807) is 4.90 Å². The molecule has 1 aliphatic heterocycles. The average Bonchev–Trinajstić information content (AvgIpc) is 2.75. The molecule has 1 saturated heterocycles. The Kier molecular flexibility index (Phi) is 7.38. The molecule has 1 heterocycles. The van der Waals surface area contributed by atoms with Crippen molar-refractivity contribution in [2.24, 2.45) is 0 Å². The van der Waals surface area contributed by atoms with E-state index in [0.717, 1.165) is 11.1 Å². The van der Waals surface area contributed by atoms with Gasteiger partial charge in [0.15, 0.2) is 0 Å². The molecule has 2 N–H and O–H groups in total. The highest BCUT2D eigenvalue weighted by atomic mass is 16.3. The first-order valence-electron chi connectivity index (χ1n) is 10.2. The van der Waals surface area contributed by atoms with Gasteiger partial charge in [0.1, 0.15) is 0 Å². The maximum atomic E-state index is 12.6. The van der Waals surface area contributed by atoms with Crippen molar-refractivity contribution in [3.8, 4) is 11.1 Å². The summed E-state index contributed by atoms with van der Waals surface area (Å²) in [4.78, 5) is 28.7. The quantitative estimate of drug-likeness (QED) is 0.716. The fourth-order valence-electron chi connectivity index (χ4n) is 3.72. The van der Waals surface area contributed by atoms with E-state index >= 15 is 0 Å². The highest BCUT2D eigenvalue weighted by Crippen LogP contribution is 2.21. The third-order valence-corrected chi connectivity index (χ3v) is 5.36. The molecule has 0 unspecified atom stereocenters. The highest BCUT2D eigenvalue weighted by Gasteiger charge is 2.32. The first-order chi connectivity index (χ1) is 14.1. The summed E-state index contributed by atoms with van der Waals surface area (Å²) >= 11 is 0. The van der Waals surface area contributed by atoms with E-state index in [2.05, 4.69) is 46.6 Å². The van der Waals surface area contributed by atoms with Crippen molar-refractivity contribution in [3.63, 3.8) is 0 Å². The number of nitrogens with one attached hydrogen (secondary N) is 1. The Morgan fingerprint density at radius 2 is 1.83 bits per heavy atom. The van der Waals surface area contributed by atoms with E-state index in [1.807, 2.05) is 25.1 Å². The SMILES string of the molecule is CCN(CCO)C(=O)C[C@@H]1C(=O)NCCN1Cc1ccc(-c2ccccc2)cc1. The summed E-state index contributed by atoms with van der Waals surface area (Å²) < 4.78 is 0. The number of amides is 2. The molecule has 0 aliphatic carbocycles. The van der Waals surface area contributed by atoms with Gasteiger partial charge in [0.25, 0.3) is 0 Å². The molecule has 1 fully saturated rings. The normalized spacial score (nSPS) is 17.0. The van der Waals surface area contributed by atoms with Gasteiger partial charge >= 0.3 is 0 Å². The number of carbonyl (C=O) groups excluding carboxylic acids is 2. The average molecular weight is 396 g/mol. The Bertz CT molecular complexity index is 808. The lowest BCUT2D eigenvalue weighted by molar-refractivity contribution is -0.139. The van der Waals surface area contributed by atoms with Crippen molar-refractivity contribution in [3.05, 3.63) is 60.2 Å². The van der Waals surface area contributed by atoms with Crippen LogP contribution in [0, 0.1) is 0 Å². The lowest BCUT2D eigenvalue weighted by Gasteiger charge is -2.35. The summed E-state index contributed by atoms with van der Waals surface area (Å²) in [6.07, 6.45) is 0.127. The largest absolute Gasteiger partial charge is 0.395 e. The first-order valence-corrected chi connectivity index (χ1v) is 10.2. The van der Waals surface area contributed by atoms with E-state index in [4.69, 9.17) is 5.11 Å². The third-order valence-electron chi connectivity index (χ3n) is 5.36. The third kappa shape index (κ3) is 5.43. The van der Waals surface area contributed by atoms with Crippen molar-refractivity contribution >= 4 is 11.8 Å². The van der Waals surface area contributed by atoms with Gasteiger partial charge in [-0.05, 0) is 23.6 Å². The van der Waals surface area contributed by atoms with Gasteiger partial charge in [0.2, 0.25) is 11.8 Å². The number of nitrogens with zero attached hydrogens (tertiary/aromatic N) is 2. The second-order valence-corrected chi connectivity index (χ2v) is 7.24. The Morgan fingerprint density at radius 3 is 2.48 bits per heavy atom. The highest BCUT2D eigenvalue weighted by molar-refractivity contribution is 5.88. The van der Waals surface area contributed by atoms with Gasteiger partial charge in [-0.15, -0.1) is 0 Å². The lowest BCUT2D eigenvalue weighted by Crippen LogP contribution is -2.56. The van der Waals surface area contributed by atoms with Crippen LogP contribution in [0.1, 0.15) is 18.9 Å². The number of carbonyl (C=O) groups is 2. The van der Waals surface area contributed by atoms with Gasteiger partial charge in [-0.1, -0.05) is 54.6 Å². The van der Waals surface area contributed by atoms with Crippen LogP contribution in [0.2, 0.25) is 0 Å². The fourth-order valence-corrected chi connectivity index (χ4v) is 3.72. The Hall–Kier alpha value is -2.70. The summed E-state index contributed by atoms with van der Waals surface area (Å²) in [5.41, 5.74) is 3.43. The summed E-state index contributed by atoms with van der Waals surface area (Å²) in [6, 6.07) is 18.1. The second-order valence-electron chi connectivity index (χ2n) is 7.24. The summed E-state index contributed by atoms with van der Waals surface area (Å²) in [5, 5.41) is 12.0. The number of aliphatic hydroxyl groups is 1. The van der Waals surface area contributed by atoms with Crippen molar-refractivity contribution in [1.82, 2.24) is 15.1 Å². The maximum Gasteiger partial charge on any atom is 0.237 e. The number of rotatable bonds is 8. The number of hydrogen-bond donors (Lipinski definition) is 2. The molecule has 2 amide bonds. The van der Waals surface area contributed by atoms with Crippen LogP contribution >= 0.6 is 0 Å². The molecule has 2 aromatic carbocycles. The number of hydrogen-bond acceptors (Lipinski definition) is 4. The van der Waals surface area contributed by atoms with Crippen LogP contribution in [0.25, 0.3) is 11.1 Å². The number of benzene rings is 2. The standard InChI is InChI=1S/C23H29N3O3/c1-2-25(14-15-27)22(28)16-21-23(29)24-12-13-26(21)17-18-8-10-20(11-9-18)19-6-4-3-5-7-19/h3-11,21,27H,2,12-17H2,1H3,(H,24,29)/t21-/m1/s1. The zero-order chi connectivity index (χ0) is 20.6. The second kappa shape index (κ2) is 10.2. The molecule has 1 atom stereocenters. The minimum absolute atomic E-state index is 0.0755. The predicted octanol–water partition coefficient (Wildman–Crippen LogP) is 1.88. The monoisotopic (exact) mass is 395 g/mol. The topological polar surface area (TPSA) is 72.9 Å². The van der Waals surface area contributed by atoms with Gasteiger partial charge in [0, 0.05) is 32.7 Å². The zero-order valence-electron chi connectivity index (χ0n) is 16.9. The van der Waals surface area contributed by atoms with Gasteiger partial charge in [-0.25, -0.2) is 0 Å². The van der Waals surface area contributed by atoms with Gasteiger partial charge < -0.3 is 15.3 Å². The molecule has 0 radical (unpaired) electrons. The molecule has 0 saturated carbocycles. The van der Waals surface area contributed by atoms with Crippen molar-refractivity contribution in [1.29, 1.82) is 0 Å². The van der Waals surface area contributed by atoms with Crippen LogP contribution < -0.4 is 5.32 Å². The molecule has 6 heteroatoms. The predicted molar refractivity (Wildman–Crippen MR) is 113 cm³/mol. The van der Waals surface area contributed by atoms with Crippen molar-refractivity contribution in [2.45, 2.75) is 25.9 Å². The molecule has 29 heavy (non-hydrogen) atoms. The molecule has 0 aromatic heterocycles. The zero-order valence-corrected chi connectivity index (χ0v) is 16.9. The Balaban J connectivity index is 1.69. The van der Waals surface area contributed by atoms with Crippen LogP contribution in [0.3, 0.4) is 0 Å². The van der Waals surface area contributed by atoms with E-state index < -0.39 is 6.04 Å². The Labute approximate surface area is 172 Å². The van der Waals surface area contributed by atoms with Gasteiger partial charge in [0.05, 0.1) is 19.1 Å². The van der Waals surface area contributed by atoms with E-state index in [0.29, 0.717) is 32.7 Å². The molecule has 2 aromatic rings. The molecular weight excluding hydrogens is 366 g/mol. The maximum absolute atomic E-state index is 12.6.